The number of carbonyl (C=O) groups is 3. The third-order valence-electron chi connectivity index (χ3n) is 3.54. The van der Waals surface area contributed by atoms with Crippen LogP contribution in [0, 0.1) is 5.82 Å². The Morgan fingerprint density at radius 1 is 1.00 bits per heavy atom. The van der Waals surface area contributed by atoms with Crippen LogP contribution in [0.25, 0.3) is 10.9 Å². The van der Waals surface area contributed by atoms with Gasteiger partial charge in [-0.1, -0.05) is 6.07 Å². The number of rotatable bonds is 4. The molecule has 0 aliphatic rings. The van der Waals surface area contributed by atoms with E-state index in [1.54, 1.807) is 18.2 Å². The Morgan fingerprint density at radius 2 is 1.72 bits per heavy atom. The SMILES string of the molecule is CC(=O)Nc1cccc(NC(=O)C(=O)c2c[nH]c3cc(F)ccc23)c1. The number of aromatic amines is 1. The molecule has 3 rings (SSSR count). The highest BCUT2D eigenvalue weighted by Gasteiger charge is 2.20. The second-order valence-corrected chi connectivity index (χ2v) is 5.44. The fourth-order valence-corrected chi connectivity index (χ4v) is 2.47. The van der Waals surface area contributed by atoms with Crippen molar-refractivity contribution < 1.29 is 18.8 Å². The highest BCUT2D eigenvalue weighted by Crippen LogP contribution is 2.21. The second-order valence-electron chi connectivity index (χ2n) is 5.44. The molecule has 25 heavy (non-hydrogen) atoms. The van der Waals surface area contributed by atoms with Crippen LogP contribution in [0.2, 0.25) is 0 Å². The number of halogens is 1. The van der Waals surface area contributed by atoms with E-state index in [0.29, 0.717) is 22.3 Å². The quantitative estimate of drug-likeness (QED) is 0.504. The molecule has 0 saturated heterocycles. The number of amides is 2. The monoisotopic (exact) mass is 339 g/mol. The summed E-state index contributed by atoms with van der Waals surface area (Å²) in [6, 6.07) is 10.4. The number of Topliss-reactive ketones (excluding diaryl/α,β-unsaturated/α-hetero) is 1. The summed E-state index contributed by atoms with van der Waals surface area (Å²) in [4.78, 5) is 38.4. The molecule has 0 aliphatic heterocycles. The summed E-state index contributed by atoms with van der Waals surface area (Å²) in [6.45, 7) is 1.37. The first-order valence-corrected chi connectivity index (χ1v) is 7.44. The van der Waals surface area contributed by atoms with Gasteiger partial charge in [0.25, 0.3) is 11.7 Å². The fraction of sp³-hybridized carbons (Fsp3) is 0.0556. The molecule has 0 saturated carbocycles. The number of fused-ring (bicyclic) bond motifs is 1. The highest BCUT2D eigenvalue weighted by atomic mass is 19.1. The molecule has 1 aromatic heterocycles. The molecule has 0 radical (unpaired) electrons. The summed E-state index contributed by atoms with van der Waals surface area (Å²) in [7, 11) is 0. The van der Waals surface area contributed by atoms with E-state index in [1.807, 2.05) is 0 Å². The van der Waals surface area contributed by atoms with Gasteiger partial charge in [0.2, 0.25) is 5.91 Å². The molecule has 0 unspecified atom stereocenters. The molecule has 2 amide bonds. The Kier molecular flexibility index (Phi) is 4.30. The molecule has 2 aromatic carbocycles. The van der Waals surface area contributed by atoms with Crippen LogP contribution in [0.3, 0.4) is 0 Å². The molecular formula is C18H14FN3O3. The van der Waals surface area contributed by atoms with Crippen LogP contribution < -0.4 is 10.6 Å². The minimum Gasteiger partial charge on any atom is -0.360 e. The number of benzene rings is 2. The maximum Gasteiger partial charge on any atom is 0.296 e. The normalized spacial score (nSPS) is 10.5. The molecule has 3 aromatic rings. The van der Waals surface area contributed by atoms with Crippen LogP contribution in [0.5, 0.6) is 0 Å². The Bertz CT molecular complexity index is 994. The number of hydrogen-bond donors (Lipinski definition) is 3. The minimum atomic E-state index is -0.829. The van der Waals surface area contributed by atoms with Crippen LogP contribution in [-0.2, 0) is 9.59 Å². The maximum absolute atomic E-state index is 13.2. The van der Waals surface area contributed by atoms with Crippen molar-refractivity contribution >= 4 is 39.9 Å². The largest absolute Gasteiger partial charge is 0.360 e. The molecule has 1 heterocycles. The lowest BCUT2D eigenvalue weighted by atomic mass is 10.1. The molecular weight excluding hydrogens is 325 g/mol. The van der Waals surface area contributed by atoms with Gasteiger partial charge in [-0.15, -0.1) is 0 Å². The molecule has 0 fully saturated rings. The summed E-state index contributed by atoms with van der Waals surface area (Å²) < 4.78 is 13.2. The predicted octanol–water partition coefficient (Wildman–Crippen LogP) is 3.09. The van der Waals surface area contributed by atoms with Crippen LogP contribution in [0.15, 0.2) is 48.7 Å². The smallest absolute Gasteiger partial charge is 0.296 e. The van der Waals surface area contributed by atoms with E-state index in [9.17, 15) is 18.8 Å². The lowest BCUT2D eigenvalue weighted by Crippen LogP contribution is -2.22. The first kappa shape index (κ1) is 16.4. The van der Waals surface area contributed by atoms with Gasteiger partial charge in [-0.05, 0) is 36.4 Å². The highest BCUT2D eigenvalue weighted by molar-refractivity contribution is 6.48. The van der Waals surface area contributed by atoms with Crippen LogP contribution >= 0.6 is 0 Å². The van der Waals surface area contributed by atoms with E-state index in [1.165, 1.54) is 37.4 Å². The summed E-state index contributed by atoms with van der Waals surface area (Å²) in [5, 5.41) is 5.55. The fourth-order valence-electron chi connectivity index (χ4n) is 2.47. The molecule has 0 aliphatic carbocycles. The Balaban J connectivity index is 1.81. The van der Waals surface area contributed by atoms with Crippen molar-refractivity contribution in [3.8, 4) is 0 Å². The maximum atomic E-state index is 13.2. The third kappa shape index (κ3) is 3.55. The number of aromatic nitrogens is 1. The van der Waals surface area contributed by atoms with Crippen LogP contribution in [-0.4, -0.2) is 22.6 Å². The van der Waals surface area contributed by atoms with Gasteiger partial charge in [-0.2, -0.15) is 0 Å². The summed E-state index contributed by atoms with van der Waals surface area (Å²) in [6.07, 6.45) is 1.37. The third-order valence-corrected chi connectivity index (χ3v) is 3.54. The Hall–Kier alpha value is -3.48. The molecule has 3 N–H and O–H groups in total. The van der Waals surface area contributed by atoms with Crippen molar-refractivity contribution in [2.24, 2.45) is 0 Å². The van der Waals surface area contributed by atoms with Crippen molar-refractivity contribution in [3.63, 3.8) is 0 Å². The first-order valence-electron chi connectivity index (χ1n) is 7.44. The van der Waals surface area contributed by atoms with Gasteiger partial charge in [0, 0.05) is 35.4 Å². The van der Waals surface area contributed by atoms with Gasteiger partial charge in [0.1, 0.15) is 5.82 Å². The van der Waals surface area contributed by atoms with Crippen molar-refractivity contribution in [3.05, 3.63) is 60.0 Å². The topological polar surface area (TPSA) is 91.1 Å². The lowest BCUT2D eigenvalue weighted by molar-refractivity contribution is -0.114. The van der Waals surface area contributed by atoms with E-state index in [2.05, 4.69) is 15.6 Å². The molecule has 126 valence electrons. The van der Waals surface area contributed by atoms with Gasteiger partial charge in [-0.3, -0.25) is 14.4 Å². The van der Waals surface area contributed by atoms with E-state index < -0.39 is 17.5 Å². The summed E-state index contributed by atoms with van der Waals surface area (Å²) in [5.74, 6) is -2.26. The van der Waals surface area contributed by atoms with Crippen molar-refractivity contribution in [2.75, 3.05) is 10.6 Å². The van der Waals surface area contributed by atoms with Crippen molar-refractivity contribution in [1.29, 1.82) is 0 Å². The number of ketones is 1. The van der Waals surface area contributed by atoms with E-state index in [-0.39, 0.29) is 11.5 Å². The Labute approximate surface area is 142 Å². The van der Waals surface area contributed by atoms with Gasteiger partial charge in [-0.25, -0.2) is 4.39 Å². The van der Waals surface area contributed by atoms with Gasteiger partial charge < -0.3 is 15.6 Å². The zero-order chi connectivity index (χ0) is 18.0. The van der Waals surface area contributed by atoms with E-state index in [4.69, 9.17) is 0 Å². The van der Waals surface area contributed by atoms with Gasteiger partial charge in [0.15, 0.2) is 0 Å². The minimum absolute atomic E-state index is 0.158. The van der Waals surface area contributed by atoms with Gasteiger partial charge >= 0.3 is 0 Å². The van der Waals surface area contributed by atoms with Crippen molar-refractivity contribution in [1.82, 2.24) is 4.98 Å². The Morgan fingerprint density at radius 3 is 2.44 bits per heavy atom. The van der Waals surface area contributed by atoms with Crippen molar-refractivity contribution in [2.45, 2.75) is 6.92 Å². The number of carbonyl (C=O) groups excluding carboxylic acids is 3. The molecule has 0 bridgehead atoms. The standard InChI is InChI=1S/C18H14FN3O3/c1-10(23)21-12-3-2-4-13(8-12)22-18(25)17(24)15-9-20-16-7-11(19)5-6-14(15)16/h2-9,20H,1H3,(H,21,23)(H,22,25). The van der Waals surface area contributed by atoms with E-state index in [0.717, 1.165) is 0 Å². The van der Waals surface area contributed by atoms with Gasteiger partial charge in [0.05, 0.1) is 5.56 Å². The number of anilines is 2. The lowest BCUT2D eigenvalue weighted by Gasteiger charge is -2.07. The summed E-state index contributed by atoms with van der Waals surface area (Å²) >= 11 is 0. The number of H-pyrrole nitrogens is 1. The van der Waals surface area contributed by atoms with Crippen LogP contribution in [0.4, 0.5) is 15.8 Å². The van der Waals surface area contributed by atoms with E-state index >= 15 is 0 Å². The molecule has 0 spiro atoms. The average Bonchev–Trinajstić information content (AvgIpc) is 2.96. The number of nitrogens with one attached hydrogen (secondary N) is 3. The molecule has 6 nitrogen and oxygen atoms in total. The second kappa shape index (κ2) is 6.56. The predicted molar refractivity (Wildman–Crippen MR) is 92.0 cm³/mol. The average molecular weight is 339 g/mol. The number of hydrogen-bond acceptors (Lipinski definition) is 3. The molecule has 7 heteroatoms. The zero-order valence-corrected chi connectivity index (χ0v) is 13.2. The van der Waals surface area contributed by atoms with Crippen LogP contribution in [0.1, 0.15) is 17.3 Å². The zero-order valence-electron chi connectivity index (χ0n) is 13.2. The molecule has 0 atom stereocenters. The summed E-state index contributed by atoms with van der Waals surface area (Å²) in [5.41, 5.74) is 1.46. The first-order chi connectivity index (χ1) is 11.9.